The van der Waals surface area contributed by atoms with Gasteiger partial charge in [-0.2, -0.15) is 0 Å². The van der Waals surface area contributed by atoms with E-state index in [4.69, 9.17) is 9.47 Å². The van der Waals surface area contributed by atoms with Crippen molar-refractivity contribution in [2.75, 3.05) is 7.11 Å². The zero-order chi connectivity index (χ0) is 15.2. The minimum atomic E-state index is -0.641. The second-order valence-electron chi connectivity index (χ2n) is 5.27. The van der Waals surface area contributed by atoms with E-state index < -0.39 is 6.10 Å². The molecule has 1 aliphatic rings. The summed E-state index contributed by atoms with van der Waals surface area (Å²) in [5.41, 5.74) is 0.370. The largest absolute Gasteiger partial charge is 0.497 e. The first-order valence-corrected chi connectivity index (χ1v) is 7.24. The molecule has 1 atom stereocenters. The molecule has 114 valence electrons. The minimum Gasteiger partial charge on any atom is -0.497 e. The van der Waals surface area contributed by atoms with Gasteiger partial charge in [0.25, 0.3) is 5.91 Å². The van der Waals surface area contributed by atoms with E-state index in [1.807, 2.05) is 0 Å². The molecule has 0 aromatic heterocycles. The predicted molar refractivity (Wildman–Crippen MR) is 78.9 cm³/mol. The molecule has 1 fully saturated rings. The molecule has 0 aliphatic heterocycles. The lowest BCUT2D eigenvalue weighted by molar-refractivity contribution is -0.127. The van der Waals surface area contributed by atoms with Gasteiger partial charge in [0.15, 0.2) is 12.4 Å². The summed E-state index contributed by atoms with van der Waals surface area (Å²) in [7, 11) is 1.53. The van der Waals surface area contributed by atoms with E-state index in [-0.39, 0.29) is 11.9 Å². The number of rotatable bonds is 6. The number of carbonyl (C=O) groups excluding carboxylic acids is 2. The molecule has 5 nitrogen and oxygen atoms in total. The molecule has 21 heavy (non-hydrogen) atoms. The van der Waals surface area contributed by atoms with Crippen molar-refractivity contribution in [2.24, 2.45) is 0 Å². The van der Waals surface area contributed by atoms with Crippen LogP contribution in [0.3, 0.4) is 0 Å². The van der Waals surface area contributed by atoms with Crippen molar-refractivity contribution < 1.29 is 19.1 Å². The summed E-state index contributed by atoms with van der Waals surface area (Å²) in [4.78, 5) is 23.2. The molecule has 5 heteroatoms. The van der Waals surface area contributed by atoms with Crippen LogP contribution in [-0.2, 0) is 4.79 Å². The number of hydrogen-bond acceptors (Lipinski definition) is 4. The zero-order valence-electron chi connectivity index (χ0n) is 12.4. The Morgan fingerprint density at radius 2 is 2.10 bits per heavy atom. The van der Waals surface area contributed by atoms with Gasteiger partial charge in [0.2, 0.25) is 0 Å². The van der Waals surface area contributed by atoms with E-state index in [9.17, 15) is 9.59 Å². The molecular formula is C16H21NO4. The van der Waals surface area contributed by atoms with Gasteiger partial charge < -0.3 is 14.8 Å². The van der Waals surface area contributed by atoms with Crippen LogP contribution in [0.4, 0.5) is 0 Å². The van der Waals surface area contributed by atoms with Crippen molar-refractivity contribution in [3.8, 4) is 11.5 Å². The number of aldehydes is 1. The van der Waals surface area contributed by atoms with Crippen molar-refractivity contribution >= 4 is 12.2 Å². The molecular weight excluding hydrogens is 270 g/mol. The lowest BCUT2D eigenvalue weighted by Gasteiger charge is -2.19. The van der Waals surface area contributed by atoms with Crippen LogP contribution in [-0.4, -0.2) is 31.4 Å². The summed E-state index contributed by atoms with van der Waals surface area (Å²) in [6, 6.07) is 5.18. The fourth-order valence-electron chi connectivity index (χ4n) is 2.49. The van der Waals surface area contributed by atoms with Crippen LogP contribution < -0.4 is 14.8 Å². The Labute approximate surface area is 124 Å². The van der Waals surface area contributed by atoms with Crippen LogP contribution in [0.5, 0.6) is 11.5 Å². The van der Waals surface area contributed by atoms with Crippen molar-refractivity contribution in [1.82, 2.24) is 5.32 Å². The first-order chi connectivity index (χ1) is 10.1. The van der Waals surface area contributed by atoms with E-state index >= 15 is 0 Å². The maximum Gasteiger partial charge on any atom is 0.260 e. The van der Waals surface area contributed by atoms with Crippen LogP contribution in [0.1, 0.15) is 43.0 Å². The summed E-state index contributed by atoms with van der Waals surface area (Å²) in [5, 5.41) is 2.98. The third-order valence-electron chi connectivity index (χ3n) is 3.72. The molecule has 0 saturated heterocycles. The molecule has 2 rings (SSSR count). The number of hydrogen-bond donors (Lipinski definition) is 1. The average molecular weight is 291 g/mol. The standard InChI is InChI=1S/C16H21NO4/c1-11(16(19)17-13-5-3-4-6-13)21-15-8-7-14(20-2)9-12(15)10-18/h7-11,13H,3-6H2,1-2H3,(H,17,19)/t11-/m0/s1. The van der Waals surface area contributed by atoms with E-state index in [1.165, 1.54) is 7.11 Å². The maximum absolute atomic E-state index is 12.1. The van der Waals surface area contributed by atoms with Gasteiger partial charge in [0.1, 0.15) is 11.5 Å². The Balaban J connectivity index is 1.99. The van der Waals surface area contributed by atoms with Crippen molar-refractivity contribution in [2.45, 2.75) is 44.8 Å². The summed E-state index contributed by atoms with van der Waals surface area (Å²) < 4.78 is 10.7. The van der Waals surface area contributed by atoms with Gasteiger partial charge >= 0.3 is 0 Å². The third kappa shape index (κ3) is 3.97. The second-order valence-corrected chi connectivity index (χ2v) is 5.27. The lowest BCUT2D eigenvalue weighted by Crippen LogP contribution is -2.41. The number of benzene rings is 1. The molecule has 0 heterocycles. The summed E-state index contributed by atoms with van der Waals surface area (Å²) >= 11 is 0. The lowest BCUT2D eigenvalue weighted by atomic mass is 10.2. The molecule has 1 aliphatic carbocycles. The van der Waals surface area contributed by atoms with E-state index in [0.717, 1.165) is 25.7 Å². The third-order valence-corrected chi connectivity index (χ3v) is 3.72. The summed E-state index contributed by atoms with van der Waals surface area (Å²) in [5.74, 6) is 0.821. The van der Waals surface area contributed by atoms with Crippen LogP contribution in [0.25, 0.3) is 0 Å². The number of nitrogens with one attached hydrogen (secondary N) is 1. The molecule has 1 amide bonds. The van der Waals surface area contributed by atoms with Gasteiger partial charge in [-0.25, -0.2) is 0 Å². The second kappa shape index (κ2) is 7.11. The minimum absolute atomic E-state index is 0.144. The Kier molecular flexibility index (Phi) is 5.20. The smallest absolute Gasteiger partial charge is 0.260 e. The highest BCUT2D eigenvalue weighted by Gasteiger charge is 2.22. The van der Waals surface area contributed by atoms with Crippen molar-refractivity contribution in [1.29, 1.82) is 0 Å². The first kappa shape index (κ1) is 15.4. The number of methoxy groups -OCH3 is 1. The summed E-state index contributed by atoms with van der Waals surface area (Å²) in [6.07, 6.45) is 4.43. The fraction of sp³-hybridized carbons (Fsp3) is 0.500. The van der Waals surface area contributed by atoms with Crippen molar-refractivity contribution in [3.63, 3.8) is 0 Å². The molecule has 0 radical (unpaired) electrons. The Bertz CT molecular complexity index is 509. The summed E-state index contributed by atoms with van der Waals surface area (Å²) in [6.45, 7) is 1.68. The van der Waals surface area contributed by atoms with Gasteiger partial charge in [-0.3, -0.25) is 9.59 Å². The normalized spacial score (nSPS) is 16.3. The van der Waals surface area contributed by atoms with Gasteiger partial charge in [-0.05, 0) is 38.0 Å². The molecule has 0 spiro atoms. The number of amides is 1. The molecule has 1 N–H and O–H groups in total. The Morgan fingerprint density at radius 1 is 1.38 bits per heavy atom. The highest BCUT2D eigenvalue weighted by molar-refractivity contribution is 5.83. The molecule has 0 bridgehead atoms. The fourth-order valence-corrected chi connectivity index (χ4v) is 2.49. The van der Waals surface area contributed by atoms with E-state index in [0.29, 0.717) is 23.3 Å². The predicted octanol–water partition coefficient (Wildman–Crippen LogP) is 2.33. The molecule has 1 aromatic carbocycles. The topological polar surface area (TPSA) is 64.6 Å². The molecule has 1 aromatic rings. The van der Waals surface area contributed by atoms with Crippen LogP contribution >= 0.6 is 0 Å². The Morgan fingerprint density at radius 3 is 2.71 bits per heavy atom. The van der Waals surface area contributed by atoms with Gasteiger partial charge in [-0.15, -0.1) is 0 Å². The highest BCUT2D eigenvalue weighted by atomic mass is 16.5. The van der Waals surface area contributed by atoms with E-state index in [2.05, 4.69) is 5.32 Å². The molecule has 1 saturated carbocycles. The van der Waals surface area contributed by atoms with Crippen LogP contribution in [0.2, 0.25) is 0 Å². The quantitative estimate of drug-likeness (QED) is 0.817. The molecule has 0 unspecified atom stereocenters. The number of carbonyl (C=O) groups is 2. The van der Waals surface area contributed by atoms with E-state index in [1.54, 1.807) is 25.1 Å². The average Bonchev–Trinajstić information content (AvgIpc) is 3.00. The highest BCUT2D eigenvalue weighted by Crippen LogP contribution is 2.24. The monoisotopic (exact) mass is 291 g/mol. The number of ether oxygens (including phenoxy) is 2. The van der Waals surface area contributed by atoms with Gasteiger partial charge in [0, 0.05) is 6.04 Å². The first-order valence-electron chi connectivity index (χ1n) is 7.24. The SMILES string of the molecule is COc1ccc(O[C@@H](C)C(=O)NC2CCCC2)c(C=O)c1. The van der Waals surface area contributed by atoms with Crippen molar-refractivity contribution in [3.05, 3.63) is 23.8 Å². The maximum atomic E-state index is 12.1. The Hall–Kier alpha value is -2.04. The zero-order valence-corrected chi connectivity index (χ0v) is 12.4. The van der Waals surface area contributed by atoms with Gasteiger partial charge in [0.05, 0.1) is 12.7 Å². The van der Waals surface area contributed by atoms with Crippen LogP contribution in [0, 0.1) is 0 Å². The van der Waals surface area contributed by atoms with Crippen LogP contribution in [0.15, 0.2) is 18.2 Å². The van der Waals surface area contributed by atoms with Gasteiger partial charge in [-0.1, -0.05) is 12.8 Å².